The molecule has 0 saturated heterocycles. The van der Waals surface area contributed by atoms with Gasteiger partial charge in [0.1, 0.15) is 5.75 Å². The monoisotopic (exact) mass is 375 g/mol. The second kappa shape index (κ2) is 8.18. The van der Waals surface area contributed by atoms with Gasteiger partial charge < -0.3 is 15.2 Å². The van der Waals surface area contributed by atoms with Crippen LogP contribution < -0.4 is 10.1 Å². The molecular weight excluding hydrogens is 358 g/mol. The van der Waals surface area contributed by atoms with Gasteiger partial charge in [0.05, 0.1) is 5.56 Å². The zero-order valence-electron chi connectivity index (χ0n) is 15.0. The second-order valence-electron chi connectivity index (χ2n) is 6.04. The average molecular weight is 375 g/mol. The van der Waals surface area contributed by atoms with Crippen LogP contribution in [0, 0.1) is 0 Å². The van der Waals surface area contributed by atoms with Crippen LogP contribution >= 0.6 is 0 Å². The predicted molar refractivity (Wildman–Crippen MR) is 105 cm³/mol. The van der Waals surface area contributed by atoms with E-state index in [0.29, 0.717) is 17.0 Å². The van der Waals surface area contributed by atoms with E-state index in [-0.39, 0.29) is 17.4 Å². The first-order valence-electron chi connectivity index (χ1n) is 8.46. The van der Waals surface area contributed by atoms with Crippen molar-refractivity contribution in [2.24, 2.45) is 0 Å². The van der Waals surface area contributed by atoms with Crippen LogP contribution in [0.15, 0.2) is 72.8 Å². The number of carbonyl (C=O) groups excluding carboxylic acids is 2. The molecule has 0 spiro atoms. The third-order valence-electron chi connectivity index (χ3n) is 3.96. The van der Waals surface area contributed by atoms with Gasteiger partial charge in [-0.25, -0.2) is 4.79 Å². The molecule has 0 aliphatic rings. The van der Waals surface area contributed by atoms with Gasteiger partial charge in [-0.3, -0.25) is 9.59 Å². The van der Waals surface area contributed by atoms with E-state index >= 15 is 0 Å². The summed E-state index contributed by atoms with van der Waals surface area (Å²) in [6.07, 6.45) is 0. The van der Waals surface area contributed by atoms with Crippen molar-refractivity contribution < 1.29 is 24.2 Å². The van der Waals surface area contributed by atoms with E-state index in [4.69, 9.17) is 9.84 Å². The van der Waals surface area contributed by atoms with Gasteiger partial charge in [-0.05, 0) is 59.7 Å². The molecule has 0 aliphatic heterocycles. The minimum absolute atomic E-state index is 0.150. The summed E-state index contributed by atoms with van der Waals surface area (Å²) in [4.78, 5) is 34.4. The number of anilines is 1. The van der Waals surface area contributed by atoms with E-state index in [1.807, 2.05) is 6.07 Å². The molecule has 2 N–H and O–H groups in total. The lowest BCUT2D eigenvalue weighted by molar-refractivity contribution is -0.131. The Hall–Kier alpha value is -3.93. The minimum atomic E-state index is -1.02. The summed E-state index contributed by atoms with van der Waals surface area (Å²) >= 11 is 0. The Kier molecular flexibility index (Phi) is 5.50. The Morgan fingerprint density at radius 1 is 0.821 bits per heavy atom. The van der Waals surface area contributed by atoms with Crippen LogP contribution in [-0.4, -0.2) is 23.0 Å². The molecule has 0 heterocycles. The Labute approximate surface area is 161 Å². The van der Waals surface area contributed by atoms with E-state index in [0.717, 1.165) is 11.1 Å². The van der Waals surface area contributed by atoms with E-state index in [1.54, 1.807) is 54.6 Å². The largest absolute Gasteiger partial charge is 0.478 e. The number of nitrogens with one attached hydrogen (secondary N) is 1. The summed E-state index contributed by atoms with van der Waals surface area (Å²) in [5.74, 6) is -1.26. The van der Waals surface area contributed by atoms with Crippen molar-refractivity contribution in [1.29, 1.82) is 0 Å². The van der Waals surface area contributed by atoms with E-state index in [9.17, 15) is 14.4 Å². The number of hydrogen-bond acceptors (Lipinski definition) is 4. The summed E-state index contributed by atoms with van der Waals surface area (Å²) in [6.45, 7) is 1.34. The lowest BCUT2D eigenvalue weighted by Gasteiger charge is -2.08. The number of carbonyl (C=O) groups is 3. The molecule has 140 valence electrons. The zero-order valence-corrected chi connectivity index (χ0v) is 15.0. The summed E-state index contributed by atoms with van der Waals surface area (Å²) in [5.41, 5.74) is 2.83. The third-order valence-corrected chi connectivity index (χ3v) is 3.96. The standard InChI is InChI=1S/C22H17NO5/c1-14(24)28-20-11-7-15(8-12-20)17-3-2-4-18(13-17)21(25)23-19-9-5-16(6-10-19)22(26)27/h2-13H,1H3,(H,23,25)(H,26,27). The number of esters is 1. The van der Waals surface area contributed by atoms with E-state index in [2.05, 4.69) is 5.32 Å². The normalized spacial score (nSPS) is 10.2. The van der Waals surface area contributed by atoms with Crippen LogP contribution in [0.2, 0.25) is 0 Å². The first-order chi connectivity index (χ1) is 13.4. The number of hydrogen-bond donors (Lipinski definition) is 2. The quantitative estimate of drug-likeness (QED) is 0.514. The lowest BCUT2D eigenvalue weighted by atomic mass is 10.0. The number of benzene rings is 3. The number of ether oxygens (including phenoxy) is 1. The lowest BCUT2D eigenvalue weighted by Crippen LogP contribution is -2.12. The first kappa shape index (κ1) is 18.8. The van der Waals surface area contributed by atoms with Crippen molar-refractivity contribution in [2.45, 2.75) is 6.92 Å². The molecule has 0 saturated carbocycles. The summed E-state index contributed by atoms with van der Waals surface area (Å²) in [6, 6.07) is 20.0. The molecule has 3 rings (SSSR count). The van der Waals surface area contributed by atoms with Crippen LogP contribution in [0.4, 0.5) is 5.69 Å². The topological polar surface area (TPSA) is 92.7 Å². The Morgan fingerprint density at radius 3 is 2.11 bits per heavy atom. The second-order valence-corrected chi connectivity index (χ2v) is 6.04. The average Bonchev–Trinajstić information content (AvgIpc) is 2.68. The Bertz CT molecular complexity index is 1020. The maximum absolute atomic E-state index is 12.5. The maximum atomic E-state index is 12.5. The summed E-state index contributed by atoms with van der Waals surface area (Å²) in [5, 5.41) is 11.7. The SMILES string of the molecule is CC(=O)Oc1ccc(-c2cccc(C(=O)Nc3ccc(C(=O)O)cc3)c2)cc1. The van der Waals surface area contributed by atoms with E-state index < -0.39 is 5.97 Å². The molecule has 0 aromatic heterocycles. The van der Waals surface area contributed by atoms with Gasteiger partial charge in [-0.1, -0.05) is 24.3 Å². The number of aromatic carboxylic acids is 1. The van der Waals surface area contributed by atoms with Gasteiger partial charge in [0.25, 0.3) is 5.91 Å². The van der Waals surface area contributed by atoms with Crippen LogP contribution in [0.5, 0.6) is 5.75 Å². The highest BCUT2D eigenvalue weighted by Gasteiger charge is 2.09. The van der Waals surface area contributed by atoms with E-state index in [1.165, 1.54) is 19.1 Å². The van der Waals surface area contributed by atoms with Crippen molar-refractivity contribution in [3.63, 3.8) is 0 Å². The molecule has 0 aliphatic carbocycles. The van der Waals surface area contributed by atoms with Crippen LogP contribution in [0.3, 0.4) is 0 Å². The molecule has 6 nitrogen and oxygen atoms in total. The highest BCUT2D eigenvalue weighted by molar-refractivity contribution is 6.05. The fourth-order valence-corrected chi connectivity index (χ4v) is 2.62. The van der Waals surface area contributed by atoms with Crippen molar-refractivity contribution in [2.75, 3.05) is 5.32 Å². The van der Waals surface area contributed by atoms with Crippen molar-refractivity contribution in [3.05, 3.63) is 83.9 Å². The summed E-state index contributed by atoms with van der Waals surface area (Å²) in [7, 11) is 0. The molecule has 28 heavy (non-hydrogen) atoms. The van der Waals surface area contributed by atoms with Crippen LogP contribution in [0.1, 0.15) is 27.6 Å². The van der Waals surface area contributed by atoms with Gasteiger partial charge in [0.2, 0.25) is 0 Å². The molecule has 0 atom stereocenters. The third kappa shape index (κ3) is 4.62. The maximum Gasteiger partial charge on any atom is 0.335 e. The van der Waals surface area contributed by atoms with Gasteiger partial charge in [0.15, 0.2) is 0 Å². The molecule has 1 amide bonds. The van der Waals surface area contributed by atoms with Gasteiger partial charge in [0, 0.05) is 18.2 Å². The highest BCUT2D eigenvalue weighted by atomic mass is 16.5. The smallest absolute Gasteiger partial charge is 0.335 e. The molecule has 0 radical (unpaired) electrons. The molecule has 6 heteroatoms. The molecule has 0 unspecified atom stereocenters. The van der Waals surface area contributed by atoms with Gasteiger partial charge in [-0.2, -0.15) is 0 Å². The fourth-order valence-electron chi connectivity index (χ4n) is 2.62. The Morgan fingerprint density at radius 2 is 1.50 bits per heavy atom. The van der Waals surface area contributed by atoms with Crippen molar-refractivity contribution >= 4 is 23.5 Å². The zero-order chi connectivity index (χ0) is 20.1. The minimum Gasteiger partial charge on any atom is -0.478 e. The molecule has 3 aromatic carbocycles. The number of rotatable bonds is 5. The van der Waals surface area contributed by atoms with Crippen molar-refractivity contribution in [3.8, 4) is 16.9 Å². The number of carboxylic acid groups (broad SMARTS) is 1. The predicted octanol–water partition coefficient (Wildman–Crippen LogP) is 4.23. The van der Waals surface area contributed by atoms with Gasteiger partial charge in [-0.15, -0.1) is 0 Å². The molecule has 0 fully saturated rings. The Balaban J connectivity index is 1.75. The van der Waals surface area contributed by atoms with Crippen molar-refractivity contribution in [1.82, 2.24) is 0 Å². The summed E-state index contributed by atoms with van der Waals surface area (Å²) < 4.78 is 5.02. The molecule has 0 bridgehead atoms. The van der Waals surface area contributed by atoms with Gasteiger partial charge >= 0.3 is 11.9 Å². The molecule has 3 aromatic rings. The first-order valence-corrected chi connectivity index (χ1v) is 8.46. The van der Waals surface area contributed by atoms with Crippen LogP contribution in [-0.2, 0) is 4.79 Å². The van der Waals surface area contributed by atoms with Crippen LogP contribution in [0.25, 0.3) is 11.1 Å². The number of amides is 1. The number of carboxylic acids is 1. The fraction of sp³-hybridized carbons (Fsp3) is 0.0455. The molecular formula is C22H17NO5. The highest BCUT2D eigenvalue weighted by Crippen LogP contribution is 2.24.